The molecule has 1 rings (SSSR count). The van der Waals surface area contributed by atoms with Crippen molar-refractivity contribution in [3.63, 3.8) is 0 Å². The SMILES string of the molecule is CCOC(=O)c1sc(NC(C)=O)nc1C(O)C(C)C. The normalized spacial score (nSPS) is 12.3. The minimum atomic E-state index is -0.877. The Morgan fingerprint density at radius 2 is 2.11 bits per heavy atom. The van der Waals surface area contributed by atoms with Crippen LogP contribution in [0.5, 0.6) is 0 Å². The molecule has 2 N–H and O–H groups in total. The molecule has 0 bridgehead atoms. The molecule has 1 atom stereocenters. The highest BCUT2D eigenvalue weighted by molar-refractivity contribution is 7.17. The topological polar surface area (TPSA) is 88.5 Å². The summed E-state index contributed by atoms with van der Waals surface area (Å²) in [6.07, 6.45) is -0.877. The lowest BCUT2D eigenvalue weighted by Gasteiger charge is -2.13. The van der Waals surface area contributed by atoms with E-state index in [9.17, 15) is 14.7 Å². The van der Waals surface area contributed by atoms with Gasteiger partial charge in [0.05, 0.1) is 12.3 Å². The first kappa shape index (κ1) is 15.6. The molecule has 0 aliphatic heterocycles. The van der Waals surface area contributed by atoms with E-state index in [1.807, 2.05) is 13.8 Å². The number of anilines is 1. The number of nitrogens with one attached hydrogen (secondary N) is 1. The number of nitrogens with zero attached hydrogens (tertiary/aromatic N) is 1. The second-order valence-electron chi connectivity index (χ2n) is 4.32. The third-order valence-electron chi connectivity index (χ3n) is 2.31. The van der Waals surface area contributed by atoms with Crippen LogP contribution in [-0.4, -0.2) is 28.6 Å². The second kappa shape index (κ2) is 6.63. The van der Waals surface area contributed by atoms with Crippen molar-refractivity contribution in [3.8, 4) is 0 Å². The molecule has 1 aromatic heterocycles. The molecule has 1 amide bonds. The zero-order valence-electron chi connectivity index (χ0n) is 11.4. The molecule has 6 nitrogen and oxygen atoms in total. The molecular weight excluding hydrogens is 268 g/mol. The average Bonchev–Trinajstić information content (AvgIpc) is 2.71. The molecule has 0 saturated heterocycles. The highest BCUT2D eigenvalue weighted by Gasteiger charge is 2.26. The monoisotopic (exact) mass is 286 g/mol. The number of aliphatic hydroxyl groups is 1. The van der Waals surface area contributed by atoms with E-state index >= 15 is 0 Å². The molecule has 0 radical (unpaired) electrons. The number of rotatable bonds is 5. The highest BCUT2D eigenvalue weighted by Crippen LogP contribution is 2.31. The molecule has 19 heavy (non-hydrogen) atoms. The molecule has 0 spiro atoms. The lowest BCUT2D eigenvalue weighted by molar-refractivity contribution is -0.114. The lowest BCUT2D eigenvalue weighted by atomic mass is 10.0. The van der Waals surface area contributed by atoms with Crippen LogP contribution in [0.1, 0.15) is 49.2 Å². The van der Waals surface area contributed by atoms with Crippen molar-refractivity contribution in [3.05, 3.63) is 10.6 Å². The number of esters is 1. The Kier molecular flexibility index (Phi) is 5.44. The van der Waals surface area contributed by atoms with Crippen LogP contribution in [-0.2, 0) is 9.53 Å². The molecule has 1 heterocycles. The predicted molar refractivity (Wildman–Crippen MR) is 72.2 cm³/mol. The lowest BCUT2D eigenvalue weighted by Crippen LogP contribution is -2.12. The molecule has 106 valence electrons. The molecule has 1 aromatic rings. The Morgan fingerprint density at radius 3 is 2.58 bits per heavy atom. The quantitative estimate of drug-likeness (QED) is 0.808. The summed E-state index contributed by atoms with van der Waals surface area (Å²) in [6.45, 7) is 6.92. The van der Waals surface area contributed by atoms with Gasteiger partial charge in [0.1, 0.15) is 11.0 Å². The molecule has 0 saturated carbocycles. The molecule has 0 aliphatic carbocycles. The maximum atomic E-state index is 11.8. The second-order valence-corrected chi connectivity index (χ2v) is 5.32. The Hall–Kier alpha value is -1.47. The highest BCUT2D eigenvalue weighted by atomic mass is 32.1. The molecule has 1 unspecified atom stereocenters. The van der Waals surface area contributed by atoms with Crippen LogP contribution >= 0.6 is 11.3 Å². The Bertz CT molecular complexity index is 470. The van der Waals surface area contributed by atoms with Gasteiger partial charge < -0.3 is 15.2 Å². The number of carbonyl (C=O) groups is 2. The van der Waals surface area contributed by atoms with Gasteiger partial charge in [-0.15, -0.1) is 0 Å². The van der Waals surface area contributed by atoms with Gasteiger partial charge in [-0.3, -0.25) is 4.79 Å². The van der Waals surface area contributed by atoms with Crippen LogP contribution in [0.15, 0.2) is 0 Å². The van der Waals surface area contributed by atoms with Gasteiger partial charge in [-0.1, -0.05) is 25.2 Å². The molecule has 0 aliphatic rings. The van der Waals surface area contributed by atoms with Crippen LogP contribution in [0, 0.1) is 5.92 Å². The van der Waals surface area contributed by atoms with E-state index in [0.717, 1.165) is 11.3 Å². The smallest absolute Gasteiger partial charge is 0.350 e. The van der Waals surface area contributed by atoms with E-state index in [2.05, 4.69) is 10.3 Å². The number of thiazole rings is 1. The van der Waals surface area contributed by atoms with Crippen molar-refractivity contribution < 1.29 is 19.4 Å². The van der Waals surface area contributed by atoms with Crippen LogP contribution in [0.25, 0.3) is 0 Å². The number of hydrogen-bond donors (Lipinski definition) is 2. The van der Waals surface area contributed by atoms with E-state index in [-0.39, 0.29) is 34.1 Å². The van der Waals surface area contributed by atoms with Gasteiger partial charge in [0.2, 0.25) is 5.91 Å². The summed E-state index contributed by atoms with van der Waals surface area (Å²) in [4.78, 5) is 27.2. The largest absolute Gasteiger partial charge is 0.462 e. The summed E-state index contributed by atoms with van der Waals surface area (Å²) in [5.74, 6) is -0.915. The number of amides is 1. The first-order chi connectivity index (χ1) is 8.86. The minimum absolute atomic E-state index is 0.0968. The zero-order chi connectivity index (χ0) is 14.6. The van der Waals surface area contributed by atoms with Crippen LogP contribution < -0.4 is 5.32 Å². The van der Waals surface area contributed by atoms with Crippen molar-refractivity contribution in [1.29, 1.82) is 0 Å². The predicted octanol–water partition coefficient (Wildman–Crippen LogP) is 1.97. The maximum absolute atomic E-state index is 11.8. The van der Waals surface area contributed by atoms with Crippen LogP contribution in [0.2, 0.25) is 0 Å². The fourth-order valence-corrected chi connectivity index (χ4v) is 2.34. The van der Waals surface area contributed by atoms with Gasteiger partial charge in [0.15, 0.2) is 5.13 Å². The van der Waals surface area contributed by atoms with Crippen LogP contribution in [0.3, 0.4) is 0 Å². The van der Waals surface area contributed by atoms with Gasteiger partial charge in [0, 0.05) is 6.92 Å². The van der Waals surface area contributed by atoms with Crippen molar-refractivity contribution >= 4 is 28.3 Å². The van der Waals surface area contributed by atoms with E-state index in [1.165, 1.54) is 6.92 Å². The van der Waals surface area contributed by atoms with Gasteiger partial charge in [-0.05, 0) is 12.8 Å². The molecular formula is C12H18N2O4S. The molecule has 0 fully saturated rings. The summed E-state index contributed by atoms with van der Waals surface area (Å²) in [5, 5.41) is 12.9. The van der Waals surface area contributed by atoms with Crippen molar-refractivity contribution in [2.24, 2.45) is 5.92 Å². The maximum Gasteiger partial charge on any atom is 0.350 e. The van der Waals surface area contributed by atoms with Gasteiger partial charge >= 0.3 is 5.97 Å². The average molecular weight is 286 g/mol. The fraction of sp³-hybridized carbons (Fsp3) is 0.583. The molecule has 7 heteroatoms. The minimum Gasteiger partial charge on any atom is -0.462 e. The summed E-state index contributed by atoms with van der Waals surface area (Å²) in [7, 11) is 0. The summed E-state index contributed by atoms with van der Waals surface area (Å²) >= 11 is 1.00. The summed E-state index contributed by atoms with van der Waals surface area (Å²) in [6, 6.07) is 0. The standard InChI is InChI=1S/C12H18N2O4S/c1-5-18-11(17)10-8(9(16)6(2)3)14-12(19-10)13-7(4)15/h6,9,16H,5H2,1-4H3,(H,13,14,15). The van der Waals surface area contributed by atoms with Crippen molar-refractivity contribution in [2.45, 2.75) is 33.8 Å². The van der Waals surface area contributed by atoms with Crippen molar-refractivity contribution in [2.75, 3.05) is 11.9 Å². The van der Waals surface area contributed by atoms with E-state index in [4.69, 9.17) is 4.74 Å². The first-order valence-electron chi connectivity index (χ1n) is 6.00. The van der Waals surface area contributed by atoms with Gasteiger partial charge in [-0.25, -0.2) is 9.78 Å². The van der Waals surface area contributed by atoms with Gasteiger partial charge in [-0.2, -0.15) is 0 Å². The summed E-state index contributed by atoms with van der Waals surface area (Å²) in [5.41, 5.74) is 0.252. The van der Waals surface area contributed by atoms with E-state index in [0.29, 0.717) is 0 Å². The number of aliphatic hydroxyl groups excluding tert-OH is 1. The number of aromatic nitrogens is 1. The Balaban J connectivity index is 3.13. The van der Waals surface area contributed by atoms with Crippen molar-refractivity contribution in [1.82, 2.24) is 4.98 Å². The third-order valence-corrected chi connectivity index (χ3v) is 3.28. The molecule has 0 aromatic carbocycles. The van der Waals surface area contributed by atoms with Crippen LogP contribution in [0.4, 0.5) is 5.13 Å². The number of hydrogen-bond acceptors (Lipinski definition) is 6. The number of carbonyl (C=O) groups excluding carboxylic acids is 2. The van der Waals surface area contributed by atoms with E-state index < -0.39 is 12.1 Å². The number of ether oxygens (including phenoxy) is 1. The fourth-order valence-electron chi connectivity index (χ4n) is 1.40. The van der Waals surface area contributed by atoms with Gasteiger partial charge in [0.25, 0.3) is 0 Å². The summed E-state index contributed by atoms with van der Waals surface area (Å²) < 4.78 is 4.92. The zero-order valence-corrected chi connectivity index (χ0v) is 12.2. The first-order valence-corrected chi connectivity index (χ1v) is 6.82. The Morgan fingerprint density at radius 1 is 1.47 bits per heavy atom. The Labute approximate surface area is 115 Å². The van der Waals surface area contributed by atoms with E-state index in [1.54, 1.807) is 6.92 Å². The third kappa shape index (κ3) is 4.00.